The van der Waals surface area contributed by atoms with E-state index in [1.54, 1.807) is 28.0 Å². The molecule has 0 aliphatic rings. The predicted octanol–water partition coefficient (Wildman–Crippen LogP) is 1.59. The zero-order chi connectivity index (χ0) is 9.97. The molecule has 0 aromatic carbocycles. The molecule has 0 aliphatic carbocycles. The first-order valence-corrected chi connectivity index (χ1v) is 5.21. The molecule has 5 heteroatoms. The monoisotopic (exact) mass is 207 g/mol. The van der Waals surface area contributed by atoms with E-state index in [9.17, 15) is 4.79 Å². The van der Waals surface area contributed by atoms with Crippen LogP contribution in [-0.4, -0.2) is 20.5 Å². The molecule has 4 nitrogen and oxygen atoms in total. The highest BCUT2D eigenvalue weighted by molar-refractivity contribution is 7.07. The van der Waals surface area contributed by atoms with E-state index in [1.807, 2.05) is 6.92 Å². The summed E-state index contributed by atoms with van der Waals surface area (Å²) in [7, 11) is 0. The second-order valence-electron chi connectivity index (χ2n) is 2.79. The second-order valence-corrected chi connectivity index (χ2v) is 3.51. The van der Waals surface area contributed by atoms with Crippen LogP contribution in [0.4, 0.5) is 0 Å². The number of aryl methyl sites for hydroxylation is 1. The Morgan fingerprint density at radius 3 is 3.07 bits per heavy atom. The molecule has 2 heterocycles. The number of hydrogen-bond acceptors (Lipinski definition) is 4. The Hall–Kier alpha value is -1.49. The van der Waals surface area contributed by atoms with Crippen molar-refractivity contribution in [1.82, 2.24) is 14.8 Å². The SMILES string of the molecule is CCn1cc(C(=O)c2cscn2)cn1. The number of thiazole rings is 1. The first-order chi connectivity index (χ1) is 6.81. The molecule has 0 spiro atoms. The maximum atomic E-state index is 11.7. The zero-order valence-corrected chi connectivity index (χ0v) is 8.49. The van der Waals surface area contributed by atoms with Crippen LogP contribution in [0.5, 0.6) is 0 Å². The maximum Gasteiger partial charge on any atom is 0.215 e. The average molecular weight is 207 g/mol. The molecular weight excluding hydrogens is 198 g/mol. The molecule has 0 fully saturated rings. The lowest BCUT2D eigenvalue weighted by atomic mass is 10.2. The van der Waals surface area contributed by atoms with Crippen LogP contribution in [0.15, 0.2) is 23.3 Å². The van der Waals surface area contributed by atoms with Gasteiger partial charge in [0.2, 0.25) is 5.78 Å². The lowest BCUT2D eigenvalue weighted by molar-refractivity contribution is 0.103. The van der Waals surface area contributed by atoms with Crippen molar-refractivity contribution in [1.29, 1.82) is 0 Å². The molecule has 0 unspecified atom stereocenters. The maximum absolute atomic E-state index is 11.7. The first-order valence-electron chi connectivity index (χ1n) is 4.26. The molecule has 14 heavy (non-hydrogen) atoms. The van der Waals surface area contributed by atoms with Crippen molar-refractivity contribution in [3.63, 3.8) is 0 Å². The number of carbonyl (C=O) groups is 1. The van der Waals surface area contributed by atoms with E-state index in [0.717, 1.165) is 6.54 Å². The fraction of sp³-hybridized carbons (Fsp3) is 0.222. The van der Waals surface area contributed by atoms with Gasteiger partial charge in [0.15, 0.2) is 0 Å². The van der Waals surface area contributed by atoms with Crippen LogP contribution in [-0.2, 0) is 6.54 Å². The van der Waals surface area contributed by atoms with Crippen molar-refractivity contribution in [2.75, 3.05) is 0 Å². The molecular formula is C9H9N3OS. The van der Waals surface area contributed by atoms with Gasteiger partial charge < -0.3 is 0 Å². The second kappa shape index (κ2) is 3.71. The smallest absolute Gasteiger partial charge is 0.215 e. The van der Waals surface area contributed by atoms with E-state index in [2.05, 4.69) is 10.1 Å². The Bertz CT molecular complexity index is 433. The molecule has 0 amide bonds. The van der Waals surface area contributed by atoms with Gasteiger partial charge in [-0.25, -0.2) is 4.98 Å². The third-order valence-corrected chi connectivity index (χ3v) is 2.47. The van der Waals surface area contributed by atoms with E-state index in [4.69, 9.17) is 0 Å². The van der Waals surface area contributed by atoms with Crippen LogP contribution in [0.25, 0.3) is 0 Å². The van der Waals surface area contributed by atoms with Crippen molar-refractivity contribution >= 4 is 17.1 Å². The third kappa shape index (κ3) is 1.58. The first kappa shape index (κ1) is 9.08. The molecule has 72 valence electrons. The van der Waals surface area contributed by atoms with Gasteiger partial charge in [0, 0.05) is 18.1 Å². The van der Waals surface area contributed by atoms with E-state index in [1.165, 1.54) is 11.3 Å². The molecule has 0 radical (unpaired) electrons. The Balaban J connectivity index is 2.28. The Kier molecular flexibility index (Phi) is 2.41. The highest BCUT2D eigenvalue weighted by Crippen LogP contribution is 2.09. The fourth-order valence-corrected chi connectivity index (χ4v) is 1.66. The molecule has 0 atom stereocenters. The number of nitrogens with zero attached hydrogens (tertiary/aromatic N) is 3. The van der Waals surface area contributed by atoms with Gasteiger partial charge in [-0.15, -0.1) is 11.3 Å². The zero-order valence-electron chi connectivity index (χ0n) is 7.67. The van der Waals surface area contributed by atoms with E-state index in [0.29, 0.717) is 11.3 Å². The Morgan fingerprint density at radius 1 is 1.64 bits per heavy atom. The molecule has 0 N–H and O–H groups in total. The topological polar surface area (TPSA) is 47.8 Å². The van der Waals surface area contributed by atoms with Crippen LogP contribution in [0.1, 0.15) is 23.0 Å². The Labute approximate surface area is 85.2 Å². The van der Waals surface area contributed by atoms with Gasteiger partial charge in [0.05, 0.1) is 17.3 Å². The van der Waals surface area contributed by atoms with Crippen LogP contribution in [0, 0.1) is 0 Å². The average Bonchev–Trinajstić information content (AvgIpc) is 2.88. The molecule has 2 aromatic rings. The lowest BCUT2D eigenvalue weighted by Crippen LogP contribution is -2.00. The largest absolute Gasteiger partial charge is 0.287 e. The summed E-state index contributed by atoms with van der Waals surface area (Å²) >= 11 is 1.42. The minimum Gasteiger partial charge on any atom is -0.287 e. The summed E-state index contributed by atoms with van der Waals surface area (Å²) in [4.78, 5) is 15.7. The minimum absolute atomic E-state index is 0.0639. The van der Waals surface area contributed by atoms with Gasteiger partial charge in [-0.3, -0.25) is 9.48 Å². The van der Waals surface area contributed by atoms with Gasteiger partial charge >= 0.3 is 0 Å². The van der Waals surface area contributed by atoms with E-state index < -0.39 is 0 Å². The fourth-order valence-electron chi connectivity index (χ4n) is 1.13. The quantitative estimate of drug-likeness (QED) is 0.718. The van der Waals surface area contributed by atoms with E-state index in [-0.39, 0.29) is 5.78 Å². The van der Waals surface area contributed by atoms with Gasteiger partial charge in [0.25, 0.3) is 0 Å². The van der Waals surface area contributed by atoms with Crippen molar-refractivity contribution in [3.05, 3.63) is 34.5 Å². The van der Waals surface area contributed by atoms with Gasteiger partial charge in [-0.1, -0.05) is 0 Å². The number of hydrogen-bond donors (Lipinski definition) is 0. The molecule has 0 aliphatic heterocycles. The summed E-state index contributed by atoms with van der Waals surface area (Å²) in [6.45, 7) is 2.74. The van der Waals surface area contributed by atoms with Crippen molar-refractivity contribution in [3.8, 4) is 0 Å². The number of carbonyl (C=O) groups excluding carboxylic acids is 1. The van der Waals surface area contributed by atoms with Crippen LogP contribution < -0.4 is 0 Å². The highest BCUT2D eigenvalue weighted by Gasteiger charge is 2.12. The summed E-state index contributed by atoms with van der Waals surface area (Å²) < 4.78 is 1.72. The number of ketones is 1. The normalized spacial score (nSPS) is 10.4. The predicted molar refractivity (Wildman–Crippen MR) is 53.4 cm³/mol. The molecule has 2 aromatic heterocycles. The van der Waals surface area contributed by atoms with E-state index >= 15 is 0 Å². The van der Waals surface area contributed by atoms with Crippen molar-refractivity contribution in [2.24, 2.45) is 0 Å². The summed E-state index contributed by atoms with van der Waals surface area (Å²) in [6, 6.07) is 0. The highest BCUT2D eigenvalue weighted by atomic mass is 32.1. The summed E-state index contributed by atoms with van der Waals surface area (Å²) in [5, 5.41) is 5.78. The van der Waals surface area contributed by atoms with Crippen LogP contribution in [0.3, 0.4) is 0 Å². The molecule has 2 rings (SSSR count). The summed E-state index contributed by atoms with van der Waals surface area (Å²) in [5.74, 6) is -0.0639. The standard InChI is InChI=1S/C9H9N3OS/c1-2-12-4-7(3-11-12)9(13)8-5-14-6-10-8/h3-6H,2H2,1H3. The molecule has 0 saturated carbocycles. The van der Waals surface area contributed by atoms with Crippen molar-refractivity contribution in [2.45, 2.75) is 13.5 Å². The number of rotatable bonds is 3. The molecule has 0 bridgehead atoms. The Morgan fingerprint density at radius 2 is 2.50 bits per heavy atom. The summed E-state index contributed by atoms with van der Waals surface area (Å²) in [6.07, 6.45) is 3.31. The van der Waals surface area contributed by atoms with Crippen molar-refractivity contribution < 1.29 is 4.79 Å². The lowest BCUT2D eigenvalue weighted by Gasteiger charge is -1.91. The minimum atomic E-state index is -0.0639. The number of aromatic nitrogens is 3. The van der Waals surface area contributed by atoms with Gasteiger partial charge in [-0.2, -0.15) is 5.10 Å². The third-order valence-electron chi connectivity index (χ3n) is 1.88. The molecule has 0 saturated heterocycles. The summed E-state index contributed by atoms with van der Waals surface area (Å²) in [5.41, 5.74) is 2.74. The van der Waals surface area contributed by atoms with Gasteiger partial charge in [-0.05, 0) is 6.92 Å². The van der Waals surface area contributed by atoms with Gasteiger partial charge in [0.1, 0.15) is 5.69 Å². The van der Waals surface area contributed by atoms with Crippen LogP contribution in [0.2, 0.25) is 0 Å². The van der Waals surface area contributed by atoms with Crippen LogP contribution >= 0.6 is 11.3 Å².